The highest BCUT2D eigenvalue weighted by Crippen LogP contribution is 2.38. The van der Waals surface area contributed by atoms with Gasteiger partial charge in [-0.3, -0.25) is 14.9 Å². The molecular formula is C21H21N3O2S2. The summed E-state index contributed by atoms with van der Waals surface area (Å²) in [6.45, 7) is 0.137. The molecule has 4 N–H and O–H groups in total. The summed E-state index contributed by atoms with van der Waals surface area (Å²) < 4.78 is 0. The molecule has 144 valence electrons. The molecule has 0 bridgehead atoms. The van der Waals surface area contributed by atoms with E-state index in [-0.39, 0.29) is 18.5 Å². The number of hydrogen-bond acceptors (Lipinski definition) is 5. The topological polar surface area (TPSA) is 84.2 Å². The second kappa shape index (κ2) is 8.26. The van der Waals surface area contributed by atoms with E-state index >= 15 is 0 Å². The van der Waals surface area contributed by atoms with Crippen LogP contribution in [0.5, 0.6) is 0 Å². The summed E-state index contributed by atoms with van der Waals surface area (Å²) in [4.78, 5) is 26.8. The van der Waals surface area contributed by atoms with Gasteiger partial charge in [0.1, 0.15) is 5.00 Å². The summed E-state index contributed by atoms with van der Waals surface area (Å²) in [6, 6.07) is 14.0. The minimum atomic E-state index is -0.469. The standard InChI is InChI=1S/C21H21N3O2S2/c22-20(26)18-14-8-4-9-15(14)28-21(18)24-17(25)12-23-19(16-10-5-11-27-16)13-6-2-1-3-7-13/h1-3,5-7,10-11,19,23H,4,8-9,12H2,(H2,22,26)(H,24,25)/t19-/m1/s1. The number of thiophene rings is 2. The fourth-order valence-corrected chi connectivity index (χ4v) is 5.74. The number of carbonyl (C=O) groups is 2. The third kappa shape index (κ3) is 3.87. The molecule has 0 saturated heterocycles. The fraction of sp³-hybridized carbons (Fsp3) is 0.238. The first-order chi connectivity index (χ1) is 13.6. The smallest absolute Gasteiger partial charge is 0.251 e. The van der Waals surface area contributed by atoms with Crippen molar-refractivity contribution in [2.24, 2.45) is 5.73 Å². The average molecular weight is 412 g/mol. The van der Waals surface area contributed by atoms with E-state index in [0.717, 1.165) is 40.1 Å². The number of hydrogen-bond donors (Lipinski definition) is 3. The van der Waals surface area contributed by atoms with Gasteiger partial charge in [0.05, 0.1) is 18.2 Å². The summed E-state index contributed by atoms with van der Waals surface area (Å²) in [6.07, 6.45) is 2.84. The highest BCUT2D eigenvalue weighted by molar-refractivity contribution is 7.17. The Bertz CT molecular complexity index is 981. The van der Waals surface area contributed by atoms with E-state index < -0.39 is 5.91 Å². The molecule has 7 heteroatoms. The number of anilines is 1. The van der Waals surface area contributed by atoms with Crippen molar-refractivity contribution >= 4 is 39.5 Å². The van der Waals surface area contributed by atoms with Crippen molar-refractivity contribution in [3.05, 3.63) is 74.3 Å². The molecule has 0 saturated carbocycles. The molecule has 1 aromatic carbocycles. The first kappa shape index (κ1) is 18.9. The molecule has 2 heterocycles. The predicted octanol–water partition coefficient (Wildman–Crippen LogP) is 3.71. The van der Waals surface area contributed by atoms with Gasteiger partial charge < -0.3 is 11.1 Å². The van der Waals surface area contributed by atoms with Crippen LogP contribution in [0.2, 0.25) is 0 Å². The van der Waals surface area contributed by atoms with Gasteiger partial charge in [0.25, 0.3) is 5.91 Å². The molecule has 2 aromatic heterocycles. The largest absolute Gasteiger partial charge is 0.365 e. The first-order valence-corrected chi connectivity index (χ1v) is 10.9. The molecule has 2 amide bonds. The minimum absolute atomic E-state index is 0.0593. The molecule has 1 atom stereocenters. The molecule has 28 heavy (non-hydrogen) atoms. The fourth-order valence-electron chi connectivity index (χ4n) is 3.60. The van der Waals surface area contributed by atoms with Gasteiger partial charge in [0, 0.05) is 9.75 Å². The van der Waals surface area contributed by atoms with Crippen LogP contribution in [-0.4, -0.2) is 18.4 Å². The monoisotopic (exact) mass is 411 g/mol. The van der Waals surface area contributed by atoms with Gasteiger partial charge in [-0.15, -0.1) is 22.7 Å². The molecule has 4 rings (SSSR count). The molecule has 1 aliphatic rings. The molecule has 3 aromatic rings. The van der Waals surface area contributed by atoms with Crippen molar-refractivity contribution in [1.29, 1.82) is 0 Å². The van der Waals surface area contributed by atoms with Gasteiger partial charge in [-0.05, 0) is 41.8 Å². The maximum atomic E-state index is 12.6. The quantitative estimate of drug-likeness (QED) is 0.554. The summed E-state index contributed by atoms with van der Waals surface area (Å²) in [5.41, 5.74) is 8.18. The lowest BCUT2D eigenvalue weighted by Crippen LogP contribution is -2.32. The third-order valence-corrected chi connectivity index (χ3v) is 6.99. The zero-order chi connectivity index (χ0) is 19.5. The van der Waals surface area contributed by atoms with Gasteiger partial charge in [0.15, 0.2) is 0 Å². The van der Waals surface area contributed by atoms with Gasteiger partial charge in [-0.1, -0.05) is 36.4 Å². The highest BCUT2D eigenvalue weighted by Gasteiger charge is 2.26. The van der Waals surface area contributed by atoms with Crippen LogP contribution in [0.4, 0.5) is 5.00 Å². The zero-order valence-electron chi connectivity index (χ0n) is 15.2. The third-order valence-electron chi connectivity index (χ3n) is 4.85. The van der Waals surface area contributed by atoms with E-state index in [1.807, 2.05) is 41.8 Å². The van der Waals surface area contributed by atoms with E-state index in [1.54, 1.807) is 11.3 Å². The predicted molar refractivity (Wildman–Crippen MR) is 114 cm³/mol. The van der Waals surface area contributed by atoms with Crippen molar-refractivity contribution < 1.29 is 9.59 Å². The normalized spacial score (nSPS) is 13.9. The molecule has 0 spiro atoms. The number of carbonyl (C=O) groups excluding carboxylic acids is 2. The number of nitrogens with two attached hydrogens (primary N) is 1. The zero-order valence-corrected chi connectivity index (χ0v) is 16.9. The Hall–Kier alpha value is -2.48. The summed E-state index contributed by atoms with van der Waals surface area (Å²) in [5.74, 6) is -0.650. The molecule has 0 radical (unpaired) electrons. The lowest BCUT2D eigenvalue weighted by atomic mass is 10.1. The van der Waals surface area contributed by atoms with Crippen LogP contribution in [-0.2, 0) is 17.6 Å². The number of primary amides is 1. The van der Waals surface area contributed by atoms with Crippen molar-refractivity contribution in [2.75, 3.05) is 11.9 Å². The number of aryl methyl sites for hydroxylation is 1. The van der Waals surface area contributed by atoms with Gasteiger partial charge in [-0.2, -0.15) is 0 Å². The second-order valence-corrected chi connectivity index (χ2v) is 8.80. The summed E-state index contributed by atoms with van der Waals surface area (Å²) in [5, 5.41) is 8.84. The van der Waals surface area contributed by atoms with E-state index in [0.29, 0.717) is 10.6 Å². The number of amides is 2. The van der Waals surface area contributed by atoms with Crippen LogP contribution in [0.1, 0.15) is 43.7 Å². The Kier molecular flexibility index (Phi) is 5.57. The van der Waals surface area contributed by atoms with E-state index in [9.17, 15) is 9.59 Å². The molecule has 1 aliphatic carbocycles. The van der Waals surface area contributed by atoms with Crippen LogP contribution in [0.3, 0.4) is 0 Å². The van der Waals surface area contributed by atoms with Crippen LogP contribution in [0.15, 0.2) is 47.8 Å². The molecule has 5 nitrogen and oxygen atoms in total. The molecule has 0 unspecified atom stereocenters. The van der Waals surface area contributed by atoms with Crippen molar-refractivity contribution in [3.63, 3.8) is 0 Å². The van der Waals surface area contributed by atoms with Crippen molar-refractivity contribution in [1.82, 2.24) is 5.32 Å². The maximum absolute atomic E-state index is 12.6. The second-order valence-electron chi connectivity index (χ2n) is 6.71. The number of rotatable bonds is 7. The van der Waals surface area contributed by atoms with Crippen LogP contribution in [0.25, 0.3) is 0 Å². The van der Waals surface area contributed by atoms with E-state index in [4.69, 9.17) is 5.73 Å². The maximum Gasteiger partial charge on any atom is 0.251 e. The Morgan fingerprint density at radius 1 is 1.11 bits per heavy atom. The average Bonchev–Trinajstić information content (AvgIpc) is 3.40. The molecule has 0 fully saturated rings. The van der Waals surface area contributed by atoms with Gasteiger partial charge >= 0.3 is 0 Å². The lowest BCUT2D eigenvalue weighted by molar-refractivity contribution is -0.115. The first-order valence-electron chi connectivity index (χ1n) is 9.19. The molecular weight excluding hydrogens is 390 g/mol. The SMILES string of the molecule is NC(=O)c1c(NC(=O)CN[C@H](c2ccccc2)c2cccs2)sc2c1CCC2. The van der Waals surface area contributed by atoms with Crippen molar-refractivity contribution in [2.45, 2.75) is 25.3 Å². The number of benzene rings is 1. The van der Waals surface area contributed by atoms with E-state index in [2.05, 4.69) is 16.7 Å². The number of fused-ring (bicyclic) bond motifs is 1. The van der Waals surface area contributed by atoms with Crippen LogP contribution >= 0.6 is 22.7 Å². The van der Waals surface area contributed by atoms with Crippen LogP contribution < -0.4 is 16.4 Å². The summed E-state index contributed by atoms with van der Waals surface area (Å²) in [7, 11) is 0. The Balaban J connectivity index is 1.47. The Labute approximate surface area is 171 Å². The van der Waals surface area contributed by atoms with Gasteiger partial charge in [-0.25, -0.2) is 0 Å². The Morgan fingerprint density at radius 2 is 1.93 bits per heavy atom. The highest BCUT2D eigenvalue weighted by atomic mass is 32.1. The minimum Gasteiger partial charge on any atom is -0.365 e. The van der Waals surface area contributed by atoms with Crippen LogP contribution in [0, 0.1) is 0 Å². The molecule has 0 aliphatic heterocycles. The lowest BCUT2D eigenvalue weighted by Gasteiger charge is -2.18. The number of nitrogens with one attached hydrogen (secondary N) is 2. The van der Waals surface area contributed by atoms with Crippen molar-refractivity contribution in [3.8, 4) is 0 Å². The van der Waals surface area contributed by atoms with E-state index in [1.165, 1.54) is 11.3 Å². The van der Waals surface area contributed by atoms with Gasteiger partial charge in [0.2, 0.25) is 5.91 Å². The Morgan fingerprint density at radius 3 is 2.64 bits per heavy atom. The summed E-state index contributed by atoms with van der Waals surface area (Å²) >= 11 is 3.13.